The first-order chi connectivity index (χ1) is 9.13. The molecule has 0 radical (unpaired) electrons. The number of nitrogens with one attached hydrogen (secondary N) is 1. The lowest BCUT2D eigenvalue weighted by molar-refractivity contribution is -0.131. The number of carbonyl (C=O) groups is 1. The Labute approximate surface area is 114 Å². The van der Waals surface area contributed by atoms with E-state index in [0.29, 0.717) is 5.75 Å². The number of aromatic nitrogens is 1. The number of benzene rings is 1. The van der Waals surface area contributed by atoms with Crippen LogP contribution in [-0.4, -0.2) is 17.2 Å². The first-order valence-corrected chi connectivity index (χ1v) is 6.51. The lowest BCUT2D eigenvalue weighted by Gasteiger charge is -2.00. The van der Waals surface area contributed by atoms with Crippen LogP contribution in [0.15, 0.2) is 34.7 Å². The molecule has 6 heteroatoms. The molecule has 0 aliphatic rings. The molecule has 0 amide bonds. The molecule has 98 valence electrons. The fourth-order valence-corrected chi connectivity index (χ4v) is 1.99. The molecular weight excluding hydrogens is 262 g/mol. The second-order valence-electron chi connectivity index (χ2n) is 3.83. The van der Waals surface area contributed by atoms with Gasteiger partial charge in [0.05, 0.1) is 11.9 Å². The molecule has 0 spiro atoms. The average Bonchev–Trinajstić information content (AvgIpc) is 2.77. The minimum absolute atomic E-state index is 0.331. The van der Waals surface area contributed by atoms with Crippen molar-refractivity contribution in [3.8, 4) is 5.75 Å². The molecule has 1 N–H and O–H groups in total. The number of rotatable bonds is 4. The number of hydrazone groups is 1. The summed E-state index contributed by atoms with van der Waals surface area (Å²) in [6.45, 7) is 3.30. The number of carbonyl (C=O) groups excluding carboxylic acids is 1. The van der Waals surface area contributed by atoms with Crippen LogP contribution in [0.3, 0.4) is 0 Å². The van der Waals surface area contributed by atoms with Crippen molar-refractivity contribution in [3.05, 3.63) is 40.9 Å². The van der Waals surface area contributed by atoms with Crippen LogP contribution in [0, 0.1) is 6.92 Å². The van der Waals surface area contributed by atoms with Gasteiger partial charge >= 0.3 is 5.97 Å². The van der Waals surface area contributed by atoms with Crippen molar-refractivity contribution < 1.29 is 9.53 Å². The van der Waals surface area contributed by atoms with Crippen LogP contribution in [0.25, 0.3) is 0 Å². The van der Waals surface area contributed by atoms with Gasteiger partial charge in [0.15, 0.2) is 0 Å². The zero-order chi connectivity index (χ0) is 13.7. The van der Waals surface area contributed by atoms with Crippen molar-refractivity contribution in [3.63, 3.8) is 0 Å². The number of nitrogens with zero attached hydrogens (tertiary/aromatic N) is 2. The lowest BCUT2D eigenvalue weighted by Crippen LogP contribution is -2.01. The third-order valence-electron chi connectivity index (χ3n) is 2.13. The SMILES string of the molecule is CC(=O)Oc1ccc(C=NNc2nc(C)cs2)cc1. The van der Waals surface area contributed by atoms with Gasteiger partial charge in [0.2, 0.25) is 5.13 Å². The van der Waals surface area contributed by atoms with Gasteiger partial charge in [-0.1, -0.05) is 0 Å². The topological polar surface area (TPSA) is 63.6 Å². The summed E-state index contributed by atoms with van der Waals surface area (Å²) < 4.78 is 4.94. The van der Waals surface area contributed by atoms with Gasteiger partial charge in [0.1, 0.15) is 5.75 Å². The van der Waals surface area contributed by atoms with Crippen LogP contribution in [0.5, 0.6) is 5.75 Å². The summed E-state index contributed by atoms with van der Waals surface area (Å²) >= 11 is 1.50. The average molecular weight is 275 g/mol. The van der Waals surface area contributed by atoms with E-state index >= 15 is 0 Å². The lowest BCUT2D eigenvalue weighted by atomic mass is 10.2. The Bertz CT molecular complexity index is 590. The van der Waals surface area contributed by atoms with Gasteiger partial charge in [0.25, 0.3) is 0 Å². The van der Waals surface area contributed by atoms with Crippen molar-refractivity contribution in [1.82, 2.24) is 4.98 Å². The zero-order valence-electron chi connectivity index (χ0n) is 10.6. The van der Waals surface area contributed by atoms with Crippen molar-refractivity contribution >= 4 is 28.7 Å². The van der Waals surface area contributed by atoms with Crippen LogP contribution < -0.4 is 10.2 Å². The van der Waals surface area contributed by atoms with E-state index < -0.39 is 0 Å². The molecule has 0 fully saturated rings. The van der Waals surface area contributed by atoms with E-state index in [1.165, 1.54) is 18.3 Å². The number of thiazole rings is 1. The summed E-state index contributed by atoms with van der Waals surface area (Å²) in [5.74, 6) is 0.190. The molecule has 5 nitrogen and oxygen atoms in total. The minimum Gasteiger partial charge on any atom is -0.427 e. The Kier molecular flexibility index (Phi) is 4.25. The second kappa shape index (κ2) is 6.10. The summed E-state index contributed by atoms with van der Waals surface area (Å²) in [4.78, 5) is 15.0. The van der Waals surface area contributed by atoms with Crippen LogP contribution in [0.2, 0.25) is 0 Å². The third kappa shape index (κ3) is 4.18. The molecule has 1 aromatic heterocycles. The molecular formula is C13H13N3O2S. The highest BCUT2D eigenvalue weighted by Crippen LogP contribution is 2.14. The molecule has 0 aliphatic carbocycles. The number of anilines is 1. The highest BCUT2D eigenvalue weighted by molar-refractivity contribution is 7.13. The second-order valence-corrected chi connectivity index (χ2v) is 4.68. The monoisotopic (exact) mass is 275 g/mol. The number of aryl methyl sites for hydroxylation is 1. The Morgan fingerprint density at radius 3 is 2.74 bits per heavy atom. The fraction of sp³-hybridized carbons (Fsp3) is 0.154. The standard InChI is InChI=1S/C13H13N3O2S/c1-9-8-19-13(15-9)16-14-7-11-3-5-12(6-4-11)18-10(2)17/h3-8H,1-2H3,(H,15,16). The predicted molar refractivity (Wildman–Crippen MR) is 75.8 cm³/mol. The van der Waals surface area contributed by atoms with Crippen LogP contribution in [-0.2, 0) is 4.79 Å². The first-order valence-electron chi connectivity index (χ1n) is 5.63. The zero-order valence-corrected chi connectivity index (χ0v) is 11.4. The summed E-state index contributed by atoms with van der Waals surface area (Å²) in [6, 6.07) is 7.07. The van der Waals surface area contributed by atoms with Crippen molar-refractivity contribution in [2.75, 3.05) is 5.43 Å². The first kappa shape index (κ1) is 13.2. The number of esters is 1. The van der Waals surface area contributed by atoms with Crippen LogP contribution >= 0.6 is 11.3 Å². The van der Waals surface area contributed by atoms with E-state index in [-0.39, 0.29) is 5.97 Å². The summed E-state index contributed by atoms with van der Waals surface area (Å²) in [5, 5.41) is 6.79. The molecule has 0 saturated carbocycles. The Balaban J connectivity index is 1.93. The van der Waals surface area contributed by atoms with Crippen molar-refractivity contribution in [2.24, 2.45) is 5.10 Å². The van der Waals surface area contributed by atoms with E-state index in [1.54, 1.807) is 18.3 Å². The Morgan fingerprint density at radius 2 is 2.16 bits per heavy atom. The van der Waals surface area contributed by atoms with E-state index in [4.69, 9.17) is 4.74 Å². The molecule has 2 rings (SSSR count). The van der Waals surface area contributed by atoms with Gasteiger partial charge in [-0.25, -0.2) is 4.98 Å². The summed E-state index contributed by atoms with van der Waals surface area (Å²) in [6.07, 6.45) is 1.67. The maximum atomic E-state index is 10.8. The van der Waals surface area contributed by atoms with E-state index in [2.05, 4.69) is 15.5 Å². The fourth-order valence-electron chi connectivity index (χ4n) is 1.36. The molecule has 0 saturated heterocycles. The maximum absolute atomic E-state index is 10.8. The van der Waals surface area contributed by atoms with Gasteiger partial charge < -0.3 is 4.74 Å². The van der Waals surface area contributed by atoms with Gasteiger partial charge in [0, 0.05) is 12.3 Å². The van der Waals surface area contributed by atoms with E-state index in [1.807, 2.05) is 24.4 Å². The highest BCUT2D eigenvalue weighted by atomic mass is 32.1. The van der Waals surface area contributed by atoms with Gasteiger partial charge in [-0.15, -0.1) is 11.3 Å². The van der Waals surface area contributed by atoms with Crippen molar-refractivity contribution in [2.45, 2.75) is 13.8 Å². The normalized spacial score (nSPS) is 10.6. The molecule has 0 bridgehead atoms. The number of ether oxygens (including phenoxy) is 1. The Hall–Kier alpha value is -2.21. The smallest absolute Gasteiger partial charge is 0.308 e. The van der Waals surface area contributed by atoms with E-state index in [9.17, 15) is 4.79 Å². The van der Waals surface area contributed by atoms with Gasteiger partial charge in [-0.05, 0) is 36.8 Å². The molecule has 0 atom stereocenters. The molecule has 0 unspecified atom stereocenters. The van der Waals surface area contributed by atoms with Gasteiger partial charge in [-0.2, -0.15) is 5.10 Å². The minimum atomic E-state index is -0.331. The third-order valence-corrected chi connectivity index (χ3v) is 3.00. The van der Waals surface area contributed by atoms with Gasteiger partial charge in [-0.3, -0.25) is 10.2 Å². The summed E-state index contributed by atoms with van der Waals surface area (Å²) in [7, 11) is 0. The molecule has 1 aromatic carbocycles. The quantitative estimate of drug-likeness (QED) is 0.403. The molecule has 0 aliphatic heterocycles. The number of hydrogen-bond donors (Lipinski definition) is 1. The molecule has 1 heterocycles. The predicted octanol–water partition coefficient (Wildman–Crippen LogP) is 2.82. The molecule has 2 aromatic rings. The van der Waals surface area contributed by atoms with Crippen molar-refractivity contribution in [1.29, 1.82) is 0 Å². The number of hydrogen-bond acceptors (Lipinski definition) is 6. The summed E-state index contributed by atoms with van der Waals surface area (Å²) in [5.41, 5.74) is 4.72. The Morgan fingerprint density at radius 1 is 1.42 bits per heavy atom. The highest BCUT2D eigenvalue weighted by Gasteiger charge is 1.97. The van der Waals surface area contributed by atoms with Crippen LogP contribution in [0.1, 0.15) is 18.2 Å². The van der Waals surface area contributed by atoms with Crippen LogP contribution in [0.4, 0.5) is 5.13 Å². The largest absolute Gasteiger partial charge is 0.427 e. The maximum Gasteiger partial charge on any atom is 0.308 e. The molecule has 19 heavy (non-hydrogen) atoms. The van der Waals surface area contributed by atoms with E-state index in [0.717, 1.165) is 16.4 Å².